The van der Waals surface area contributed by atoms with Crippen molar-refractivity contribution in [3.63, 3.8) is 0 Å². The van der Waals surface area contributed by atoms with Crippen LogP contribution < -0.4 is 42.5 Å². The minimum atomic E-state index is -3.03. The highest BCUT2D eigenvalue weighted by Gasteiger charge is 2.49. The normalized spacial score (nSPS) is 24.7. The number of anilines is 4. The van der Waals surface area contributed by atoms with Gasteiger partial charge in [0, 0.05) is 149 Å². The molecule has 9 saturated heterocycles. The number of aromatic nitrogens is 8. The number of aryl methyl sites for hydroxylation is 3. The number of likely N-dealkylation sites (tertiary alicyclic amines) is 1. The Hall–Kier alpha value is -10.2. The maximum atomic E-state index is 14.2. The first kappa shape index (κ1) is 107. The zero-order valence-electron chi connectivity index (χ0n) is 85.7. The maximum absolute atomic E-state index is 14.2. The highest BCUT2D eigenvalue weighted by molar-refractivity contribution is 7.91. The molecule has 0 radical (unpaired) electrons. The van der Waals surface area contributed by atoms with Gasteiger partial charge in [-0.1, -0.05) is 0 Å². The molecule has 4 aliphatic carbocycles. The van der Waals surface area contributed by atoms with Crippen LogP contribution in [-0.2, 0) is 19.7 Å². The molecule has 147 heavy (non-hydrogen) atoms. The van der Waals surface area contributed by atoms with Crippen molar-refractivity contribution in [2.45, 2.75) is 371 Å². The summed E-state index contributed by atoms with van der Waals surface area (Å²) in [6.07, 6.45) is 27.4. The van der Waals surface area contributed by atoms with Crippen molar-refractivity contribution in [1.82, 2.24) is 80.7 Å². The summed E-state index contributed by atoms with van der Waals surface area (Å²) >= 11 is 4.61. The number of pyridine rings is 4. The number of halogens is 2. The Balaban J connectivity index is 0.000000128. The van der Waals surface area contributed by atoms with E-state index in [2.05, 4.69) is 117 Å². The molecular formula is C105H138F2N20O14S6. The fourth-order valence-corrected chi connectivity index (χ4v) is 29.9. The third kappa shape index (κ3) is 25.0. The van der Waals surface area contributed by atoms with Gasteiger partial charge in [-0.05, 0) is 316 Å². The summed E-state index contributed by atoms with van der Waals surface area (Å²) < 4.78 is 75.6. The molecule has 8 aromatic rings. The average molecular weight is 2130 g/mol. The maximum Gasteiger partial charge on any atom is 0.280 e. The van der Waals surface area contributed by atoms with Crippen molar-refractivity contribution in [2.24, 2.45) is 11.8 Å². The van der Waals surface area contributed by atoms with Crippen LogP contribution in [0.15, 0.2) is 49.1 Å². The molecule has 792 valence electrons. The number of aliphatic hydroxyl groups excluding tert-OH is 2. The lowest BCUT2D eigenvalue weighted by atomic mass is 10.0. The molecule has 13 fully saturated rings. The Morgan fingerprint density at radius 2 is 0.680 bits per heavy atom. The van der Waals surface area contributed by atoms with Crippen LogP contribution in [-0.4, -0.2) is 265 Å². The topological polar surface area (TPSA) is 458 Å². The monoisotopic (exact) mass is 2130 g/mol. The molecule has 0 spiro atoms. The van der Waals surface area contributed by atoms with E-state index >= 15 is 0 Å². The number of fused-ring (bicyclic) bond motifs is 6. The van der Waals surface area contributed by atoms with Gasteiger partial charge in [0.15, 0.2) is 20.0 Å². The number of hydrogen-bond acceptors (Lipinski definition) is 30. The van der Waals surface area contributed by atoms with Crippen molar-refractivity contribution in [1.29, 1.82) is 0 Å². The van der Waals surface area contributed by atoms with Gasteiger partial charge in [0.1, 0.15) is 65.7 Å². The zero-order chi connectivity index (χ0) is 104. The molecule has 9 aliphatic heterocycles. The number of aliphatic hydroxyl groups is 2. The summed E-state index contributed by atoms with van der Waals surface area (Å²) in [5.41, 5.74) is 5.62. The first-order chi connectivity index (χ1) is 69.9. The van der Waals surface area contributed by atoms with Gasteiger partial charge >= 0.3 is 0 Å². The second-order valence-electron chi connectivity index (χ2n) is 44.8. The number of carbonyl (C=O) groups excluding carboxylic acids is 8. The van der Waals surface area contributed by atoms with Crippen molar-refractivity contribution in [3.8, 4) is 41.8 Å². The van der Waals surface area contributed by atoms with Crippen molar-refractivity contribution < 1.29 is 74.2 Å². The molecule has 4 saturated carbocycles. The number of rotatable bonds is 25. The van der Waals surface area contributed by atoms with Gasteiger partial charge < -0.3 is 72.3 Å². The van der Waals surface area contributed by atoms with Crippen LogP contribution in [0.4, 0.5) is 32.1 Å². The van der Waals surface area contributed by atoms with Crippen LogP contribution in [0, 0.1) is 32.6 Å². The van der Waals surface area contributed by atoms with Gasteiger partial charge in [-0.25, -0.2) is 65.5 Å². The lowest BCUT2D eigenvalue weighted by Gasteiger charge is -2.23. The third-order valence-electron chi connectivity index (χ3n) is 31.1. The fourth-order valence-electron chi connectivity index (χ4n) is 22.9. The van der Waals surface area contributed by atoms with E-state index in [0.717, 1.165) is 169 Å². The molecule has 42 heteroatoms. The molecule has 0 unspecified atom stereocenters. The Morgan fingerprint density at radius 1 is 0.388 bits per heavy atom. The summed E-state index contributed by atoms with van der Waals surface area (Å²) in [5.74, 6) is 2.27. The van der Waals surface area contributed by atoms with E-state index in [0.29, 0.717) is 120 Å². The number of amides is 8. The molecule has 0 aromatic carbocycles. The number of carbonyl (C=O) groups is 8. The predicted molar refractivity (Wildman–Crippen MR) is 566 cm³/mol. The van der Waals surface area contributed by atoms with Gasteiger partial charge in [0.2, 0.25) is 0 Å². The van der Waals surface area contributed by atoms with E-state index in [1.54, 1.807) is 17.3 Å². The number of hydrogen-bond donors (Lipinski definition) is 10. The fraction of sp³-hybridized carbons (Fsp3) is 0.619. The Labute approximate surface area is 874 Å². The molecule has 13 aliphatic rings. The highest BCUT2D eigenvalue weighted by Crippen LogP contribution is 2.48. The zero-order valence-corrected chi connectivity index (χ0v) is 90.6. The Kier molecular flexibility index (Phi) is 31.9. The minimum absolute atomic E-state index is 0.00430. The summed E-state index contributed by atoms with van der Waals surface area (Å²) in [4.78, 5) is 154. The lowest BCUT2D eigenvalue weighted by molar-refractivity contribution is 0.0716. The summed E-state index contributed by atoms with van der Waals surface area (Å²) in [6.45, 7) is 24.8. The number of thiazole rings is 4. The molecule has 8 aromatic heterocycles. The van der Waals surface area contributed by atoms with Gasteiger partial charge in [0.05, 0.1) is 54.7 Å². The molecule has 6 bridgehead atoms. The second kappa shape index (κ2) is 44.0. The highest BCUT2D eigenvalue weighted by atomic mass is 32.2. The number of sulfone groups is 2. The van der Waals surface area contributed by atoms with Crippen molar-refractivity contribution in [3.05, 3.63) is 114 Å². The molecule has 34 nitrogen and oxygen atoms in total. The van der Waals surface area contributed by atoms with E-state index in [1.165, 1.54) is 72.0 Å². The first-order valence-corrected chi connectivity index (χ1v) is 59.4. The van der Waals surface area contributed by atoms with Crippen LogP contribution in [0.1, 0.15) is 352 Å². The first-order valence-electron chi connectivity index (χ1n) is 52.5. The van der Waals surface area contributed by atoms with E-state index in [4.69, 9.17) is 0 Å². The van der Waals surface area contributed by atoms with E-state index in [-0.39, 0.29) is 185 Å². The largest absolute Gasteiger partial charge is 0.393 e. The summed E-state index contributed by atoms with van der Waals surface area (Å²) in [5, 5.41) is 45.6. The van der Waals surface area contributed by atoms with Gasteiger partial charge in [-0.3, -0.25) is 38.4 Å². The number of alkyl halides is 2. The van der Waals surface area contributed by atoms with Crippen molar-refractivity contribution >= 4 is 136 Å². The molecule has 17 heterocycles. The third-order valence-corrected chi connectivity index (χ3v) is 38.9. The molecule has 21 rings (SSSR count). The number of nitrogens with one attached hydrogen (secondary N) is 8. The average Bonchev–Trinajstić information content (AvgIpc) is 1.62. The number of nitrogens with zero attached hydrogens (tertiary/aromatic N) is 12. The van der Waals surface area contributed by atoms with Crippen LogP contribution in [0.3, 0.4) is 0 Å². The second-order valence-corrected chi connectivity index (χ2v) is 53.4. The standard InChI is InChI=1S/C27H35N5O4S2.C27H35N5O3S.C26H35N5O4S2.C25H33F2N5O3S/c1-15-13-22(29-16(2)17-3-4-17)28-14-21(15)24-23(27(34)32-19-5-6-20(32)8-7-19)31-26(37-24)25(33)30-18-9-11-38(35,36)12-10-18;1-14-11-22(29-15(2)16-3-4-16)28-13-21(14)24-23(27(35)32-18-6-7-19(32)9-8-18)31-26(36-24)25(34)30-17-5-10-20(33)12-17;1-15-13-20(30-26(2,3)4)27-14-19(15)22-21(25(33)31-17-5-6-18(31)8-7-17)29-24(36-22)23(32)28-16-9-11-37(34,35)12-10-16;1-13-6-5-9-32(13)24(35)19-20(36-23(30-19)22(34)29-14-7-8-15(33)10-14)17-12-28-18(31-25(2,3)4)11-16(17)21(26)27/h13-14,16-20H,3-12H2,1-2H3,(H,28,29)(H,30,33);11,13,15-20,33H,3-10,12H2,1-2H3,(H,28,29)(H,30,34);13-14,16-18H,5-12H2,1-4H3,(H,27,30)(H,28,32);11-15,21,33H,5-10H2,1-4H3,(H,28,31)(H,29,34)/t16-,19?,20?;15-,17-,18?,19?,20-;;13-,14+,15+/m11.0/s1. The Morgan fingerprint density at radius 3 is 0.966 bits per heavy atom. The van der Waals surface area contributed by atoms with E-state index < -0.39 is 38.1 Å². The van der Waals surface area contributed by atoms with E-state index in [9.17, 15) is 74.2 Å². The van der Waals surface area contributed by atoms with Crippen LogP contribution in [0.2, 0.25) is 0 Å². The molecule has 10 N–H and O–H groups in total. The molecular weight excluding hydrogens is 2000 g/mol. The summed E-state index contributed by atoms with van der Waals surface area (Å²) in [6, 6.07) is 8.88. The van der Waals surface area contributed by atoms with Crippen LogP contribution in [0.5, 0.6) is 0 Å². The Bertz CT molecular complexity index is 6460. The SMILES string of the molecule is C[C@H]1CCCN1C(=O)c1nc(C(=O)N[C@@H]2CC[C@@H](O)C2)sc1-c1cnc(NC(C)(C)C)cc1C(F)F.Cc1cc(NC(C)(C)C)ncc1-c1sc(C(=O)NC2CCS(=O)(=O)CC2)nc1C(=O)N1C2CCC1CC2.Cc1cc(N[C@H](C)C2CC2)ncc1-c1sc(C(=O)NC2CCS(=O)(=O)CC2)nc1C(=O)N1C2CCC1CC2.Cc1cc(N[C@H](C)C2CC2)ncc1-c1sc(C(=O)N[C@@H]2CC[C@@H](O)C2)nc1C(=O)N1C2CCC1CC2. The van der Waals surface area contributed by atoms with Crippen LogP contribution >= 0.6 is 45.3 Å². The summed E-state index contributed by atoms with van der Waals surface area (Å²) in [7, 11) is -6.05. The van der Waals surface area contributed by atoms with Gasteiger partial charge in [-0.2, -0.15) is 0 Å². The molecule has 7 atom stereocenters. The quantitative estimate of drug-likeness (QED) is 0.0254. The molecule has 8 amide bonds. The van der Waals surface area contributed by atoms with Gasteiger partial charge in [0.25, 0.3) is 53.7 Å². The predicted octanol–water partition coefficient (Wildman–Crippen LogP) is 16.4. The van der Waals surface area contributed by atoms with Crippen LogP contribution in [0.25, 0.3) is 41.8 Å². The smallest absolute Gasteiger partial charge is 0.280 e. The lowest BCUT2D eigenvalue weighted by Crippen LogP contribution is -2.41. The van der Waals surface area contributed by atoms with Gasteiger partial charge in [-0.15, -0.1) is 45.3 Å². The van der Waals surface area contributed by atoms with Crippen molar-refractivity contribution in [2.75, 3.05) is 50.8 Å². The minimum Gasteiger partial charge on any atom is -0.393 e. The van der Waals surface area contributed by atoms with E-state index in [1.807, 2.05) is 87.6 Å².